The van der Waals surface area contributed by atoms with Crippen LogP contribution in [0.3, 0.4) is 0 Å². The van der Waals surface area contributed by atoms with Crippen molar-refractivity contribution < 1.29 is 14.3 Å². The molecule has 1 heterocycles. The Morgan fingerprint density at radius 1 is 1.21 bits per heavy atom. The van der Waals surface area contributed by atoms with Crippen molar-refractivity contribution in [2.45, 2.75) is 6.61 Å². The van der Waals surface area contributed by atoms with E-state index < -0.39 is 5.97 Å². The van der Waals surface area contributed by atoms with Crippen molar-refractivity contribution in [3.05, 3.63) is 47.8 Å². The molecule has 0 fully saturated rings. The van der Waals surface area contributed by atoms with Crippen LogP contribution in [-0.4, -0.2) is 30.2 Å². The molecule has 0 atom stereocenters. The summed E-state index contributed by atoms with van der Waals surface area (Å²) >= 11 is 0. The van der Waals surface area contributed by atoms with Crippen LogP contribution in [-0.2, 0) is 16.1 Å². The van der Waals surface area contributed by atoms with Crippen LogP contribution < -0.4 is 0 Å². The summed E-state index contributed by atoms with van der Waals surface area (Å²) in [7, 11) is 2.87. The number of carbonyl (C=O) groups excluding carboxylic acids is 1. The third-order valence-corrected chi connectivity index (χ3v) is 2.59. The first-order valence-corrected chi connectivity index (χ1v) is 5.75. The summed E-state index contributed by atoms with van der Waals surface area (Å²) in [5.74, 6) is 0.0898. The Hall–Kier alpha value is -2.27. The van der Waals surface area contributed by atoms with Crippen LogP contribution in [0, 0.1) is 0 Å². The first kappa shape index (κ1) is 13.2. The van der Waals surface area contributed by atoms with Crippen molar-refractivity contribution in [2.24, 2.45) is 0 Å². The van der Waals surface area contributed by atoms with Crippen LogP contribution in [0.2, 0.25) is 0 Å². The number of hydrogen-bond donors (Lipinski definition) is 0. The second kappa shape index (κ2) is 6.06. The molecule has 1 aromatic carbocycles. The van der Waals surface area contributed by atoms with Gasteiger partial charge in [-0.1, -0.05) is 30.3 Å². The lowest BCUT2D eigenvalue weighted by Crippen LogP contribution is -2.10. The molecule has 0 saturated carbocycles. The summed E-state index contributed by atoms with van der Waals surface area (Å²) in [6.07, 6.45) is 1.47. The van der Waals surface area contributed by atoms with E-state index >= 15 is 0 Å². The zero-order chi connectivity index (χ0) is 13.7. The van der Waals surface area contributed by atoms with E-state index in [0.29, 0.717) is 17.1 Å². The molecule has 0 amide bonds. The van der Waals surface area contributed by atoms with E-state index in [0.717, 1.165) is 5.56 Å². The molecule has 0 radical (unpaired) electrons. The monoisotopic (exact) mass is 258 g/mol. The molecule has 0 spiro atoms. The second-order valence-electron chi connectivity index (χ2n) is 3.84. The quantitative estimate of drug-likeness (QED) is 0.786. The predicted molar refractivity (Wildman–Crippen MR) is 69.5 cm³/mol. The highest BCUT2D eigenvalue weighted by Crippen LogP contribution is 2.17. The number of aromatic nitrogens is 2. The number of benzene rings is 1. The van der Waals surface area contributed by atoms with E-state index in [1.54, 1.807) is 7.11 Å². The third kappa shape index (κ3) is 2.95. The molecule has 5 heteroatoms. The van der Waals surface area contributed by atoms with Gasteiger partial charge >= 0.3 is 5.97 Å². The molecular formula is C14H14N2O3. The smallest absolute Gasteiger partial charge is 0.341 e. The van der Waals surface area contributed by atoms with Crippen molar-refractivity contribution in [1.82, 2.24) is 9.97 Å². The third-order valence-electron chi connectivity index (χ3n) is 2.59. The number of nitrogens with zero attached hydrogens (tertiary/aromatic N) is 2. The maximum atomic E-state index is 11.6. The molecule has 2 aromatic rings. The normalized spacial score (nSPS) is 10.2. The minimum atomic E-state index is -0.466. The van der Waals surface area contributed by atoms with E-state index in [-0.39, 0.29) is 6.61 Å². The van der Waals surface area contributed by atoms with Gasteiger partial charge in [-0.05, 0) is 0 Å². The average Bonchev–Trinajstić information content (AvgIpc) is 2.47. The number of carbonyl (C=O) groups is 1. The molecule has 2 rings (SSSR count). The average molecular weight is 258 g/mol. The molecule has 5 nitrogen and oxygen atoms in total. The highest BCUT2D eigenvalue weighted by atomic mass is 16.5. The number of rotatable bonds is 4. The van der Waals surface area contributed by atoms with E-state index in [1.165, 1.54) is 13.3 Å². The summed E-state index contributed by atoms with van der Waals surface area (Å²) < 4.78 is 9.75. The molecule has 1 aromatic heterocycles. The Balaban J connectivity index is 2.44. The fourth-order valence-electron chi connectivity index (χ4n) is 1.67. The minimum Gasteiger partial charge on any atom is -0.465 e. The van der Waals surface area contributed by atoms with Gasteiger partial charge in [0, 0.05) is 18.9 Å². The van der Waals surface area contributed by atoms with Gasteiger partial charge in [-0.15, -0.1) is 0 Å². The molecule has 0 aliphatic carbocycles. The molecule has 19 heavy (non-hydrogen) atoms. The zero-order valence-electron chi connectivity index (χ0n) is 10.8. The van der Waals surface area contributed by atoms with Gasteiger partial charge < -0.3 is 9.47 Å². The van der Waals surface area contributed by atoms with Crippen LogP contribution in [0.1, 0.15) is 16.1 Å². The van der Waals surface area contributed by atoms with Crippen LogP contribution >= 0.6 is 0 Å². The predicted octanol–water partition coefficient (Wildman–Crippen LogP) is 2.08. The molecule has 0 aliphatic heterocycles. The van der Waals surface area contributed by atoms with E-state index in [9.17, 15) is 4.79 Å². The highest BCUT2D eigenvalue weighted by molar-refractivity contribution is 5.90. The van der Waals surface area contributed by atoms with E-state index in [1.807, 2.05) is 30.3 Å². The lowest BCUT2D eigenvalue weighted by atomic mass is 10.2. The fourth-order valence-corrected chi connectivity index (χ4v) is 1.67. The SMILES string of the molecule is COCc1nc(-c2ccccc2)ncc1C(=O)OC. The Morgan fingerprint density at radius 2 is 1.95 bits per heavy atom. The van der Waals surface area contributed by atoms with Gasteiger partial charge in [-0.25, -0.2) is 14.8 Å². The topological polar surface area (TPSA) is 61.3 Å². The Morgan fingerprint density at radius 3 is 2.58 bits per heavy atom. The van der Waals surface area contributed by atoms with Gasteiger partial charge in [0.25, 0.3) is 0 Å². The number of ether oxygens (including phenoxy) is 2. The maximum Gasteiger partial charge on any atom is 0.341 e. The van der Waals surface area contributed by atoms with Crippen molar-refractivity contribution >= 4 is 5.97 Å². The van der Waals surface area contributed by atoms with Gasteiger partial charge in [0.1, 0.15) is 5.56 Å². The van der Waals surface area contributed by atoms with Crippen molar-refractivity contribution in [3.63, 3.8) is 0 Å². The van der Waals surface area contributed by atoms with Crippen LogP contribution in [0.5, 0.6) is 0 Å². The van der Waals surface area contributed by atoms with Crippen molar-refractivity contribution in [1.29, 1.82) is 0 Å². The highest BCUT2D eigenvalue weighted by Gasteiger charge is 2.15. The maximum absolute atomic E-state index is 11.6. The van der Waals surface area contributed by atoms with Gasteiger partial charge in [0.05, 0.1) is 19.4 Å². The van der Waals surface area contributed by atoms with Gasteiger partial charge in [0.15, 0.2) is 5.82 Å². The molecule has 0 N–H and O–H groups in total. The number of esters is 1. The Kier molecular flexibility index (Phi) is 4.20. The van der Waals surface area contributed by atoms with Crippen LogP contribution in [0.15, 0.2) is 36.5 Å². The summed E-state index contributed by atoms with van der Waals surface area (Å²) in [5, 5.41) is 0. The van der Waals surface area contributed by atoms with Gasteiger partial charge in [-0.2, -0.15) is 0 Å². The van der Waals surface area contributed by atoms with E-state index in [4.69, 9.17) is 9.47 Å². The lowest BCUT2D eigenvalue weighted by Gasteiger charge is -2.08. The van der Waals surface area contributed by atoms with Crippen LogP contribution in [0.4, 0.5) is 0 Å². The molecule has 0 aliphatic rings. The largest absolute Gasteiger partial charge is 0.465 e. The zero-order valence-corrected chi connectivity index (χ0v) is 10.8. The lowest BCUT2D eigenvalue weighted by molar-refractivity contribution is 0.0594. The van der Waals surface area contributed by atoms with Crippen molar-refractivity contribution in [2.75, 3.05) is 14.2 Å². The second-order valence-corrected chi connectivity index (χ2v) is 3.84. The number of methoxy groups -OCH3 is 2. The number of hydrogen-bond acceptors (Lipinski definition) is 5. The first-order chi connectivity index (χ1) is 9.26. The Bertz CT molecular complexity index is 570. The molecular weight excluding hydrogens is 244 g/mol. The standard InChI is InChI=1S/C14H14N2O3/c1-18-9-12-11(14(17)19-2)8-15-13(16-12)10-6-4-3-5-7-10/h3-8H,9H2,1-2H3. The summed E-state index contributed by atoms with van der Waals surface area (Å²) in [6, 6.07) is 9.54. The van der Waals surface area contributed by atoms with Gasteiger partial charge in [0.2, 0.25) is 0 Å². The Labute approximate surface area is 111 Å². The first-order valence-electron chi connectivity index (χ1n) is 5.75. The van der Waals surface area contributed by atoms with E-state index in [2.05, 4.69) is 9.97 Å². The molecule has 0 unspecified atom stereocenters. The fraction of sp³-hybridized carbons (Fsp3) is 0.214. The molecule has 98 valence electrons. The molecule has 0 bridgehead atoms. The molecule has 0 saturated heterocycles. The van der Waals surface area contributed by atoms with Crippen LogP contribution in [0.25, 0.3) is 11.4 Å². The van der Waals surface area contributed by atoms with Gasteiger partial charge in [-0.3, -0.25) is 0 Å². The minimum absolute atomic E-state index is 0.229. The van der Waals surface area contributed by atoms with Crippen molar-refractivity contribution in [3.8, 4) is 11.4 Å². The summed E-state index contributed by atoms with van der Waals surface area (Å²) in [4.78, 5) is 20.2. The summed E-state index contributed by atoms with van der Waals surface area (Å²) in [6.45, 7) is 0.229. The summed E-state index contributed by atoms with van der Waals surface area (Å²) in [5.41, 5.74) is 1.73.